The van der Waals surface area contributed by atoms with Crippen LogP contribution in [0.2, 0.25) is 0 Å². The minimum atomic E-state index is -4.40. The lowest BCUT2D eigenvalue weighted by Crippen LogP contribution is -2.04. The fourth-order valence-electron chi connectivity index (χ4n) is 3.83. The number of oxazole rings is 1. The van der Waals surface area contributed by atoms with Gasteiger partial charge in [0.1, 0.15) is 23.8 Å². The Morgan fingerprint density at radius 3 is 2.46 bits per heavy atom. The monoisotopic (exact) mass is 513 g/mol. The van der Waals surface area contributed by atoms with Gasteiger partial charge < -0.3 is 14.3 Å². The Balaban J connectivity index is 1.65. The Morgan fingerprint density at radius 1 is 1.11 bits per heavy atom. The van der Waals surface area contributed by atoms with Crippen molar-refractivity contribution in [2.45, 2.75) is 58.7 Å². The van der Waals surface area contributed by atoms with Crippen LogP contribution in [0.15, 0.2) is 59.5 Å². The zero-order valence-electron chi connectivity index (χ0n) is 20.9. The van der Waals surface area contributed by atoms with E-state index in [0.29, 0.717) is 29.2 Å². The molecule has 0 atom stereocenters. The van der Waals surface area contributed by atoms with Crippen molar-refractivity contribution in [1.29, 1.82) is 0 Å². The molecule has 3 rings (SSSR count). The molecule has 1 heterocycles. The van der Waals surface area contributed by atoms with Crippen LogP contribution in [-0.2, 0) is 17.6 Å². The van der Waals surface area contributed by atoms with Gasteiger partial charge in [0.2, 0.25) is 5.89 Å². The largest absolute Gasteiger partial charge is 0.487 e. The van der Waals surface area contributed by atoms with Crippen molar-refractivity contribution in [2.24, 2.45) is 0 Å². The van der Waals surface area contributed by atoms with Gasteiger partial charge in [-0.1, -0.05) is 31.2 Å². The van der Waals surface area contributed by atoms with E-state index in [0.717, 1.165) is 48.1 Å². The van der Waals surface area contributed by atoms with Crippen molar-refractivity contribution in [3.63, 3.8) is 0 Å². The lowest BCUT2D eigenvalue weighted by atomic mass is 9.96. The zero-order chi connectivity index (χ0) is 27.0. The minimum absolute atomic E-state index is 0.134. The summed E-state index contributed by atoms with van der Waals surface area (Å²) in [5.74, 6) is 0.608. The Kier molecular flexibility index (Phi) is 9.33. The van der Waals surface area contributed by atoms with Crippen LogP contribution in [0.1, 0.15) is 67.2 Å². The molecule has 196 valence electrons. The lowest BCUT2D eigenvalue weighted by molar-refractivity contribution is -0.138. The van der Waals surface area contributed by atoms with Crippen LogP contribution >= 0.6 is 0 Å². The van der Waals surface area contributed by atoms with Crippen LogP contribution in [-0.4, -0.2) is 16.1 Å². The summed E-state index contributed by atoms with van der Waals surface area (Å²) in [6.45, 7) is 8.00. The third-order valence-electron chi connectivity index (χ3n) is 5.85. The molecule has 1 N–H and O–H groups in total. The number of ether oxygens (including phenoxy) is 1. The van der Waals surface area contributed by atoms with Crippen LogP contribution in [0.3, 0.4) is 0 Å². The Bertz CT molecular complexity index is 1260. The van der Waals surface area contributed by atoms with Crippen molar-refractivity contribution in [3.8, 4) is 17.2 Å². The first-order valence-electron chi connectivity index (χ1n) is 12.0. The van der Waals surface area contributed by atoms with E-state index in [1.54, 1.807) is 6.92 Å². The predicted molar refractivity (Wildman–Crippen MR) is 137 cm³/mol. The van der Waals surface area contributed by atoms with Gasteiger partial charge in [0.25, 0.3) is 0 Å². The molecular formula is C29H30F3NO4. The number of nitrogens with zero attached hydrogens (tertiary/aromatic N) is 1. The zero-order valence-corrected chi connectivity index (χ0v) is 20.9. The van der Waals surface area contributed by atoms with Gasteiger partial charge >= 0.3 is 12.1 Å². The second-order valence-electron chi connectivity index (χ2n) is 8.69. The third kappa shape index (κ3) is 7.84. The van der Waals surface area contributed by atoms with Crippen molar-refractivity contribution in [3.05, 3.63) is 83.3 Å². The van der Waals surface area contributed by atoms with Crippen molar-refractivity contribution < 1.29 is 32.2 Å². The number of allylic oxidation sites excluding steroid dienone is 2. The molecule has 0 bridgehead atoms. The number of carbonyl (C=O) groups is 1. The van der Waals surface area contributed by atoms with Gasteiger partial charge in [-0.15, -0.1) is 0 Å². The summed E-state index contributed by atoms with van der Waals surface area (Å²) in [5.41, 5.74) is 3.21. The number of unbranched alkanes of at least 4 members (excludes halogenated alkanes) is 2. The first kappa shape index (κ1) is 27.8. The van der Waals surface area contributed by atoms with E-state index in [1.165, 1.54) is 12.1 Å². The van der Waals surface area contributed by atoms with Gasteiger partial charge in [0.05, 0.1) is 5.56 Å². The Hall–Kier alpha value is -3.81. The number of alkyl halides is 3. The molecule has 0 saturated heterocycles. The molecule has 0 saturated carbocycles. The summed E-state index contributed by atoms with van der Waals surface area (Å²) in [5, 5.41) is 8.76. The Morgan fingerprint density at radius 2 is 1.81 bits per heavy atom. The van der Waals surface area contributed by atoms with Gasteiger partial charge in [-0.05, 0) is 86.2 Å². The molecule has 0 aliphatic rings. The molecule has 0 amide bonds. The Labute approximate surface area is 214 Å². The molecule has 2 aromatic carbocycles. The predicted octanol–water partition coefficient (Wildman–Crippen LogP) is 8.33. The maximum Gasteiger partial charge on any atom is 0.416 e. The maximum atomic E-state index is 12.8. The van der Waals surface area contributed by atoms with Gasteiger partial charge in [-0.25, -0.2) is 4.98 Å². The molecular weight excluding hydrogens is 483 g/mol. The number of aryl methyl sites for hydroxylation is 1. The summed E-state index contributed by atoms with van der Waals surface area (Å²) < 4.78 is 50.1. The molecule has 0 radical (unpaired) electrons. The molecule has 5 nitrogen and oxygen atoms in total. The third-order valence-corrected chi connectivity index (χ3v) is 5.85. The average Bonchev–Trinajstić information content (AvgIpc) is 3.22. The highest BCUT2D eigenvalue weighted by molar-refractivity contribution is 5.74. The van der Waals surface area contributed by atoms with Crippen molar-refractivity contribution in [2.75, 3.05) is 0 Å². The number of benzene rings is 2. The van der Waals surface area contributed by atoms with E-state index in [2.05, 4.69) is 11.6 Å². The standard InChI is InChI=1S/C29H30F3NO4/c1-4-8-22-17-24(15-16-25(22)19(2)9-6-5-7-10-27(34)35)36-18-26-20(3)37-28(33-26)21-11-13-23(14-12-21)29(30,31)32/h4,8,11-17H,2,5-7,9-10,18H2,1,3H3,(H,34,35)/b8-4-. The summed E-state index contributed by atoms with van der Waals surface area (Å²) >= 11 is 0. The highest BCUT2D eigenvalue weighted by Crippen LogP contribution is 2.32. The lowest BCUT2D eigenvalue weighted by Gasteiger charge is -2.12. The number of rotatable bonds is 12. The fraction of sp³-hybridized carbons (Fsp3) is 0.310. The maximum absolute atomic E-state index is 12.8. The molecule has 0 spiro atoms. The van der Waals surface area contributed by atoms with Crippen molar-refractivity contribution >= 4 is 17.6 Å². The number of aliphatic carboxylic acids is 1. The molecule has 8 heteroatoms. The molecule has 3 aromatic rings. The molecule has 0 unspecified atom stereocenters. The van der Waals surface area contributed by atoms with Crippen molar-refractivity contribution in [1.82, 2.24) is 4.98 Å². The average molecular weight is 514 g/mol. The number of halogens is 3. The van der Waals surface area contributed by atoms with Gasteiger partial charge in [0, 0.05) is 12.0 Å². The minimum Gasteiger partial charge on any atom is -0.487 e. The van der Waals surface area contributed by atoms with Crippen LogP contribution < -0.4 is 4.74 Å². The molecule has 1 aromatic heterocycles. The summed E-state index contributed by atoms with van der Waals surface area (Å²) in [4.78, 5) is 15.1. The van der Waals surface area contributed by atoms with E-state index >= 15 is 0 Å². The summed E-state index contributed by atoms with van der Waals surface area (Å²) in [6.07, 6.45) is 2.80. The number of hydrogen-bond donors (Lipinski definition) is 1. The molecule has 37 heavy (non-hydrogen) atoms. The number of hydrogen-bond acceptors (Lipinski definition) is 4. The second kappa shape index (κ2) is 12.4. The van der Waals surface area contributed by atoms with Gasteiger partial charge in [0.15, 0.2) is 0 Å². The highest BCUT2D eigenvalue weighted by atomic mass is 19.4. The van der Waals surface area contributed by atoms with Gasteiger partial charge in [-0.2, -0.15) is 13.2 Å². The van der Waals surface area contributed by atoms with Crippen LogP contribution in [0.4, 0.5) is 13.2 Å². The summed E-state index contributed by atoms with van der Waals surface area (Å²) in [7, 11) is 0. The summed E-state index contributed by atoms with van der Waals surface area (Å²) in [6, 6.07) is 10.4. The number of aromatic nitrogens is 1. The number of carboxylic acid groups (broad SMARTS) is 1. The SMILES string of the molecule is C=C(CCCCCC(=O)O)c1ccc(OCc2nc(-c3ccc(C(F)(F)F)cc3)oc2C)cc1/C=C\C. The molecule has 0 aliphatic heterocycles. The highest BCUT2D eigenvalue weighted by Gasteiger charge is 2.30. The van der Waals surface area contributed by atoms with E-state index < -0.39 is 17.7 Å². The van der Waals surface area contributed by atoms with Crippen LogP contribution in [0.25, 0.3) is 23.1 Å². The topological polar surface area (TPSA) is 72.6 Å². The van der Waals surface area contributed by atoms with E-state index in [1.807, 2.05) is 37.3 Å². The molecule has 0 fully saturated rings. The number of carboxylic acids is 1. The smallest absolute Gasteiger partial charge is 0.416 e. The van der Waals surface area contributed by atoms with E-state index in [9.17, 15) is 18.0 Å². The van der Waals surface area contributed by atoms with E-state index in [-0.39, 0.29) is 18.9 Å². The van der Waals surface area contributed by atoms with Gasteiger partial charge in [-0.3, -0.25) is 4.79 Å². The molecule has 0 aliphatic carbocycles. The second-order valence-corrected chi connectivity index (χ2v) is 8.69. The van der Waals surface area contributed by atoms with Crippen LogP contribution in [0, 0.1) is 6.92 Å². The van der Waals surface area contributed by atoms with Crippen LogP contribution in [0.5, 0.6) is 5.75 Å². The quantitative estimate of drug-likeness (QED) is 0.247. The fourth-order valence-corrected chi connectivity index (χ4v) is 3.83. The first-order valence-corrected chi connectivity index (χ1v) is 12.0. The van der Waals surface area contributed by atoms with E-state index in [4.69, 9.17) is 14.3 Å². The normalized spacial score (nSPS) is 11.7. The first-order chi connectivity index (χ1) is 17.6.